The van der Waals surface area contributed by atoms with Gasteiger partial charge in [-0.15, -0.1) is 0 Å². The van der Waals surface area contributed by atoms with Crippen LogP contribution in [0.1, 0.15) is 16.8 Å². The highest BCUT2D eigenvalue weighted by Crippen LogP contribution is 2.30. The van der Waals surface area contributed by atoms with E-state index in [-0.39, 0.29) is 11.7 Å². The number of carbonyl (C=O) groups is 1. The number of halogens is 1. The van der Waals surface area contributed by atoms with E-state index in [1.54, 1.807) is 6.07 Å². The van der Waals surface area contributed by atoms with Gasteiger partial charge in [-0.2, -0.15) is 0 Å². The maximum Gasteiger partial charge on any atom is 0.224 e. The zero-order valence-corrected chi connectivity index (χ0v) is 11.9. The molecule has 7 heteroatoms. The summed E-state index contributed by atoms with van der Waals surface area (Å²) in [6.45, 7) is 0.603. The summed E-state index contributed by atoms with van der Waals surface area (Å²) in [5, 5.41) is 11.3. The Morgan fingerprint density at radius 2 is 2.29 bits per heavy atom. The molecule has 3 rings (SSSR count). The third-order valence-electron chi connectivity index (χ3n) is 3.57. The van der Waals surface area contributed by atoms with Crippen LogP contribution in [0.4, 0.5) is 0 Å². The van der Waals surface area contributed by atoms with Gasteiger partial charge >= 0.3 is 0 Å². The van der Waals surface area contributed by atoms with E-state index in [1.165, 1.54) is 0 Å². The Bertz CT molecular complexity index is 777. The van der Waals surface area contributed by atoms with Gasteiger partial charge in [0.05, 0.1) is 6.42 Å². The van der Waals surface area contributed by atoms with Crippen molar-refractivity contribution in [2.24, 2.45) is 10.7 Å². The zero-order valence-electron chi connectivity index (χ0n) is 11.2. The number of amidine groups is 1. The van der Waals surface area contributed by atoms with Gasteiger partial charge in [-0.05, 0) is 17.7 Å². The number of nitrogens with one attached hydrogen (secondary N) is 3. The fourth-order valence-electron chi connectivity index (χ4n) is 2.72. The van der Waals surface area contributed by atoms with Gasteiger partial charge in [-0.3, -0.25) is 10.2 Å². The molecule has 0 radical (unpaired) electrons. The van der Waals surface area contributed by atoms with Crippen LogP contribution in [0.2, 0.25) is 5.02 Å². The lowest BCUT2D eigenvalue weighted by Gasteiger charge is -2.06. The van der Waals surface area contributed by atoms with Gasteiger partial charge in [0.2, 0.25) is 5.91 Å². The van der Waals surface area contributed by atoms with Crippen molar-refractivity contribution in [3.63, 3.8) is 0 Å². The third kappa shape index (κ3) is 2.38. The smallest absolute Gasteiger partial charge is 0.224 e. The molecular weight excluding hydrogens is 290 g/mol. The molecule has 0 saturated heterocycles. The topological polar surface area (TPSA) is 107 Å². The van der Waals surface area contributed by atoms with E-state index in [0.29, 0.717) is 23.6 Å². The van der Waals surface area contributed by atoms with Gasteiger partial charge in [-0.25, -0.2) is 4.99 Å². The van der Waals surface area contributed by atoms with Crippen LogP contribution < -0.4 is 11.1 Å². The first-order valence-corrected chi connectivity index (χ1v) is 6.90. The fourth-order valence-corrected chi connectivity index (χ4v) is 2.94. The predicted molar refractivity (Wildman–Crippen MR) is 83.2 cm³/mol. The molecule has 108 valence electrons. The lowest BCUT2D eigenvalue weighted by molar-refractivity contribution is -0.120. The number of aromatic amines is 1. The number of aromatic nitrogens is 1. The van der Waals surface area contributed by atoms with Crippen molar-refractivity contribution in [1.82, 2.24) is 10.3 Å². The standard InChI is InChI=1S/C14H14ClN5O/c15-7-3-9(14(17)19-6-16)13-8-5-12(21)18-2-1-10(8)20-11(13)4-7/h3-4,6,20H,1-2,5H2,(H,18,21)(H3,16,17,19). The number of fused-ring (bicyclic) bond motifs is 3. The van der Waals surface area contributed by atoms with Crippen LogP contribution in [0, 0.1) is 5.41 Å². The van der Waals surface area contributed by atoms with Crippen LogP contribution in [0.15, 0.2) is 17.1 Å². The van der Waals surface area contributed by atoms with Gasteiger partial charge in [0.15, 0.2) is 0 Å². The summed E-state index contributed by atoms with van der Waals surface area (Å²) >= 11 is 6.13. The largest absolute Gasteiger partial charge is 0.383 e. The molecule has 5 N–H and O–H groups in total. The molecule has 2 heterocycles. The van der Waals surface area contributed by atoms with Crippen LogP contribution in [-0.4, -0.2) is 29.6 Å². The molecule has 0 fully saturated rings. The molecule has 0 saturated carbocycles. The molecule has 0 spiro atoms. The Morgan fingerprint density at radius 1 is 1.48 bits per heavy atom. The van der Waals surface area contributed by atoms with E-state index in [2.05, 4.69) is 15.3 Å². The number of hydrogen-bond donors (Lipinski definition) is 4. The van der Waals surface area contributed by atoms with Crippen LogP contribution >= 0.6 is 11.6 Å². The quantitative estimate of drug-likeness (QED) is 0.496. The number of nitrogens with two attached hydrogens (primary N) is 1. The highest BCUT2D eigenvalue weighted by Gasteiger charge is 2.21. The zero-order chi connectivity index (χ0) is 15.0. The van der Waals surface area contributed by atoms with E-state index in [9.17, 15) is 4.79 Å². The molecule has 1 aliphatic heterocycles. The van der Waals surface area contributed by atoms with Gasteiger partial charge < -0.3 is 16.0 Å². The lowest BCUT2D eigenvalue weighted by atomic mass is 10.0. The van der Waals surface area contributed by atoms with Crippen LogP contribution in [-0.2, 0) is 17.6 Å². The first-order valence-electron chi connectivity index (χ1n) is 6.52. The van der Waals surface area contributed by atoms with Gasteiger partial charge in [-0.1, -0.05) is 11.6 Å². The molecule has 1 aliphatic rings. The Balaban J connectivity index is 2.32. The highest BCUT2D eigenvalue weighted by atomic mass is 35.5. The molecular formula is C14H14ClN5O. The summed E-state index contributed by atoms with van der Waals surface area (Å²) in [5.41, 5.74) is 9.35. The van der Waals surface area contributed by atoms with Gasteiger partial charge in [0.1, 0.15) is 12.2 Å². The second kappa shape index (κ2) is 5.21. The summed E-state index contributed by atoms with van der Waals surface area (Å²) < 4.78 is 0. The van der Waals surface area contributed by atoms with Crippen LogP contribution in [0.3, 0.4) is 0 Å². The van der Waals surface area contributed by atoms with E-state index >= 15 is 0 Å². The molecule has 2 aromatic rings. The number of carbonyl (C=O) groups excluding carboxylic acids is 1. The molecule has 0 aliphatic carbocycles. The molecule has 6 nitrogen and oxygen atoms in total. The molecule has 0 bridgehead atoms. The summed E-state index contributed by atoms with van der Waals surface area (Å²) in [5.74, 6) is 0.196. The van der Waals surface area contributed by atoms with Crippen molar-refractivity contribution < 1.29 is 4.79 Å². The number of amides is 1. The van der Waals surface area contributed by atoms with Crippen molar-refractivity contribution in [3.05, 3.63) is 34.0 Å². The Kier molecular flexibility index (Phi) is 3.39. The number of aliphatic imine (C=N–C) groups is 1. The first-order chi connectivity index (χ1) is 10.1. The second-order valence-electron chi connectivity index (χ2n) is 4.88. The van der Waals surface area contributed by atoms with E-state index in [4.69, 9.17) is 22.7 Å². The Hall–Kier alpha value is -2.34. The van der Waals surface area contributed by atoms with E-state index < -0.39 is 0 Å². The minimum Gasteiger partial charge on any atom is -0.383 e. The van der Waals surface area contributed by atoms with Crippen molar-refractivity contribution >= 4 is 40.6 Å². The number of nitrogens with zero attached hydrogens (tertiary/aromatic N) is 1. The predicted octanol–water partition coefficient (Wildman–Crippen LogP) is 1.35. The Labute approximate surface area is 125 Å². The monoisotopic (exact) mass is 303 g/mol. The Morgan fingerprint density at radius 3 is 3.05 bits per heavy atom. The van der Waals surface area contributed by atoms with Crippen molar-refractivity contribution in [2.75, 3.05) is 6.54 Å². The maximum absolute atomic E-state index is 11.8. The molecule has 1 aromatic heterocycles. The number of benzene rings is 1. The summed E-state index contributed by atoms with van der Waals surface area (Å²) in [6, 6.07) is 3.52. The second-order valence-corrected chi connectivity index (χ2v) is 5.31. The first kappa shape index (κ1) is 13.6. The molecule has 21 heavy (non-hydrogen) atoms. The summed E-state index contributed by atoms with van der Waals surface area (Å²) in [7, 11) is 0. The van der Waals surface area contributed by atoms with Gasteiger partial charge in [0.25, 0.3) is 0 Å². The minimum atomic E-state index is -0.0156. The van der Waals surface area contributed by atoms with E-state index in [1.807, 2.05) is 6.07 Å². The SMILES string of the molecule is N=CN=C(N)c1cc(Cl)cc2[nH]c3c(c12)CC(=O)NCC3. The molecule has 0 unspecified atom stereocenters. The number of hydrogen-bond acceptors (Lipinski definition) is 2. The fraction of sp³-hybridized carbons (Fsp3) is 0.214. The lowest BCUT2D eigenvalue weighted by Crippen LogP contribution is -2.24. The maximum atomic E-state index is 11.8. The molecule has 1 amide bonds. The van der Waals surface area contributed by atoms with Gasteiger partial charge in [0, 0.05) is 40.1 Å². The third-order valence-corrected chi connectivity index (χ3v) is 3.79. The van der Waals surface area contributed by atoms with Crippen LogP contribution in [0.25, 0.3) is 10.9 Å². The number of H-pyrrole nitrogens is 1. The molecule has 0 atom stereocenters. The highest BCUT2D eigenvalue weighted by molar-refractivity contribution is 6.32. The molecule has 1 aromatic carbocycles. The average Bonchev–Trinajstić information content (AvgIpc) is 2.65. The summed E-state index contributed by atoms with van der Waals surface area (Å²) in [6.07, 6.45) is 1.91. The van der Waals surface area contributed by atoms with Crippen molar-refractivity contribution in [2.45, 2.75) is 12.8 Å². The normalized spacial score (nSPS) is 15.5. The minimum absolute atomic E-state index is 0.0156. The summed E-state index contributed by atoms with van der Waals surface area (Å²) in [4.78, 5) is 18.9. The average molecular weight is 304 g/mol. The van der Waals surface area contributed by atoms with Crippen molar-refractivity contribution in [1.29, 1.82) is 5.41 Å². The van der Waals surface area contributed by atoms with Crippen LogP contribution in [0.5, 0.6) is 0 Å². The number of rotatable bonds is 2. The van der Waals surface area contributed by atoms with Crippen molar-refractivity contribution in [3.8, 4) is 0 Å². The van der Waals surface area contributed by atoms with E-state index in [0.717, 1.165) is 34.9 Å².